The van der Waals surface area contributed by atoms with Crippen molar-refractivity contribution in [2.24, 2.45) is 7.05 Å². The van der Waals surface area contributed by atoms with E-state index in [1.807, 2.05) is 14.0 Å². The maximum atomic E-state index is 8.50. The van der Waals surface area contributed by atoms with Gasteiger partial charge in [-0.25, -0.2) is 0 Å². The molecule has 0 aliphatic carbocycles. The summed E-state index contributed by atoms with van der Waals surface area (Å²) in [5, 5.41) is 16.6. The van der Waals surface area contributed by atoms with E-state index in [2.05, 4.69) is 10.4 Å². The molecule has 0 bridgehead atoms. The van der Waals surface area contributed by atoms with Gasteiger partial charge in [-0.3, -0.25) is 4.68 Å². The summed E-state index contributed by atoms with van der Waals surface area (Å²) in [5.41, 5.74) is 1.82. The number of halogens is 1. The first kappa shape index (κ1) is 13.4. The van der Waals surface area contributed by atoms with Crippen molar-refractivity contribution in [3.8, 4) is 0 Å². The Bertz CT molecular complexity index is 328. The van der Waals surface area contributed by atoms with Crippen molar-refractivity contribution < 1.29 is 9.84 Å². The molecular formula is C10H18ClN3O2. The monoisotopic (exact) mass is 247 g/mol. The Balaban J connectivity index is 2.26. The maximum Gasteiger partial charge on any atom is 0.0860 e. The number of rotatable bonds is 7. The van der Waals surface area contributed by atoms with Crippen LogP contribution in [0.2, 0.25) is 5.02 Å². The Labute approximate surface area is 100 Å². The summed E-state index contributed by atoms with van der Waals surface area (Å²) < 4.78 is 6.90. The van der Waals surface area contributed by atoms with Crippen LogP contribution in [0.3, 0.4) is 0 Å². The third kappa shape index (κ3) is 3.75. The van der Waals surface area contributed by atoms with Crippen LogP contribution in [0.4, 0.5) is 0 Å². The molecule has 0 aromatic carbocycles. The first-order chi connectivity index (χ1) is 7.66. The van der Waals surface area contributed by atoms with Crippen LogP contribution in [-0.2, 0) is 18.3 Å². The van der Waals surface area contributed by atoms with Gasteiger partial charge in [0.1, 0.15) is 0 Å². The topological polar surface area (TPSA) is 59.3 Å². The normalized spacial score (nSPS) is 11.0. The highest BCUT2D eigenvalue weighted by Crippen LogP contribution is 2.18. The van der Waals surface area contributed by atoms with E-state index in [1.54, 1.807) is 4.68 Å². The van der Waals surface area contributed by atoms with Crippen molar-refractivity contribution in [2.75, 3.05) is 26.4 Å². The molecule has 1 heterocycles. The number of ether oxygens (including phenoxy) is 1. The molecule has 0 saturated carbocycles. The predicted molar refractivity (Wildman–Crippen MR) is 62.6 cm³/mol. The molecule has 0 amide bonds. The average molecular weight is 248 g/mol. The molecule has 1 aromatic heterocycles. The minimum Gasteiger partial charge on any atom is -0.394 e. The molecule has 0 fully saturated rings. The van der Waals surface area contributed by atoms with Crippen molar-refractivity contribution in [3.63, 3.8) is 0 Å². The lowest BCUT2D eigenvalue weighted by Crippen LogP contribution is -2.21. The highest BCUT2D eigenvalue weighted by Gasteiger charge is 2.09. The third-order valence-electron chi connectivity index (χ3n) is 2.21. The largest absolute Gasteiger partial charge is 0.394 e. The number of aliphatic hydroxyl groups excluding tert-OH is 1. The predicted octanol–water partition coefficient (Wildman–Crippen LogP) is 0.480. The molecule has 0 radical (unpaired) electrons. The Hall–Kier alpha value is -0.620. The van der Waals surface area contributed by atoms with Gasteiger partial charge in [0.25, 0.3) is 0 Å². The van der Waals surface area contributed by atoms with E-state index in [9.17, 15) is 0 Å². The molecule has 92 valence electrons. The molecule has 6 heteroatoms. The van der Waals surface area contributed by atoms with Crippen LogP contribution in [-0.4, -0.2) is 41.3 Å². The van der Waals surface area contributed by atoms with Crippen molar-refractivity contribution in [3.05, 3.63) is 16.4 Å². The lowest BCUT2D eigenvalue weighted by Gasteiger charge is -2.06. The van der Waals surface area contributed by atoms with Gasteiger partial charge >= 0.3 is 0 Å². The zero-order valence-electron chi connectivity index (χ0n) is 9.66. The van der Waals surface area contributed by atoms with Crippen LogP contribution in [0.25, 0.3) is 0 Å². The lowest BCUT2D eigenvalue weighted by molar-refractivity contribution is 0.0937. The van der Waals surface area contributed by atoms with Gasteiger partial charge in [-0.1, -0.05) is 11.6 Å². The fourth-order valence-electron chi connectivity index (χ4n) is 1.39. The van der Waals surface area contributed by atoms with Gasteiger partial charge in [-0.05, 0) is 6.92 Å². The molecule has 0 unspecified atom stereocenters. The zero-order chi connectivity index (χ0) is 12.0. The van der Waals surface area contributed by atoms with E-state index in [0.717, 1.165) is 17.9 Å². The van der Waals surface area contributed by atoms with Gasteiger partial charge in [0.15, 0.2) is 0 Å². The minimum atomic E-state index is 0.0623. The molecule has 16 heavy (non-hydrogen) atoms. The number of hydrogen-bond donors (Lipinski definition) is 2. The van der Waals surface area contributed by atoms with Crippen LogP contribution in [0.15, 0.2) is 0 Å². The second-order valence-corrected chi connectivity index (χ2v) is 3.86. The number of nitrogens with one attached hydrogen (secondary N) is 1. The van der Waals surface area contributed by atoms with E-state index in [1.165, 1.54) is 0 Å². The number of aromatic nitrogens is 2. The summed E-state index contributed by atoms with van der Waals surface area (Å²) in [6, 6.07) is 0. The Kier molecular flexibility index (Phi) is 5.76. The molecule has 2 N–H and O–H groups in total. The second-order valence-electron chi connectivity index (χ2n) is 3.48. The van der Waals surface area contributed by atoms with Crippen LogP contribution in [0, 0.1) is 6.92 Å². The fourth-order valence-corrected chi connectivity index (χ4v) is 1.62. The lowest BCUT2D eigenvalue weighted by atomic mass is 10.3. The van der Waals surface area contributed by atoms with Crippen molar-refractivity contribution in [1.82, 2.24) is 15.1 Å². The molecule has 0 saturated heterocycles. The van der Waals surface area contributed by atoms with E-state index in [0.29, 0.717) is 24.8 Å². The highest BCUT2D eigenvalue weighted by atomic mass is 35.5. The summed E-state index contributed by atoms with van der Waals surface area (Å²) in [7, 11) is 1.87. The summed E-state index contributed by atoms with van der Waals surface area (Å²) in [4.78, 5) is 0. The van der Waals surface area contributed by atoms with Crippen molar-refractivity contribution in [2.45, 2.75) is 13.5 Å². The van der Waals surface area contributed by atoms with Gasteiger partial charge < -0.3 is 15.2 Å². The van der Waals surface area contributed by atoms with E-state index < -0.39 is 0 Å². The van der Waals surface area contributed by atoms with Gasteiger partial charge in [0.05, 0.1) is 36.2 Å². The van der Waals surface area contributed by atoms with Crippen molar-refractivity contribution in [1.29, 1.82) is 0 Å². The first-order valence-corrected chi connectivity index (χ1v) is 5.62. The summed E-state index contributed by atoms with van der Waals surface area (Å²) in [5.74, 6) is 0. The summed E-state index contributed by atoms with van der Waals surface area (Å²) in [6.07, 6.45) is 0. The van der Waals surface area contributed by atoms with Crippen molar-refractivity contribution >= 4 is 11.6 Å². The SMILES string of the molecule is Cc1nn(C)c(CNCCOCCO)c1Cl. The molecule has 1 rings (SSSR count). The molecule has 1 aromatic rings. The van der Waals surface area contributed by atoms with Crippen LogP contribution in [0.1, 0.15) is 11.4 Å². The van der Waals surface area contributed by atoms with E-state index >= 15 is 0 Å². The molecular weight excluding hydrogens is 230 g/mol. The van der Waals surface area contributed by atoms with Gasteiger partial charge in [-0.2, -0.15) is 5.10 Å². The average Bonchev–Trinajstić information content (AvgIpc) is 2.49. The smallest absolute Gasteiger partial charge is 0.0860 e. The molecule has 0 aliphatic rings. The zero-order valence-corrected chi connectivity index (χ0v) is 10.4. The Morgan fingerprint density at radius 2 is 2.25 bits per heavy atom. The fraction of sp³-hybridized carbons (Fsp3) is 0.700. The van der Waals surface area contributed by atoms with Gasteiger partial charge in [-0.15, -0.1) is 0 Å². The van der Waals surface area contributed by atoms with Crippen LogP contribution < -0.4 is 5.32 Å². The number of aryl methyl sites for hydroxylation is 2. The minimum absolute atomic E-state index is 0.0623. The third-order valence-corrected chi connectivity index (χ3v) is 2.70. The van der Waals surface area contributed by atoms with E-state index in [4.69, 9.17) is 21.4 Å². The summed E-state index contributed by atoms with van der Waals surface area (Å²) in [6.45, 7) is 4.30. The maximum absolute atomic E-state index is 8.50. The number of aliphatic hydroxyl groups is 1. The second kappa shape index (κ2) is 6.85. The molecule has 5 nitrogen and oxygen atoms in total. The molecule has 0 atom stereocenters. The van der Waals surface area contributed by atoms with E-state index in [-0.39, 0.29) is 6.61 Å². The Morgan fingerprint density at radius 1 is 1.50 bits per heavy atom. The molecule has 0 aliphatic heterocycles. The molecule has 0 spiro atoms. The summed E-state index contributed by atoms with van der Waals surface area (Å²) >= 11 is 6.09. The first-order valence-electron chi connectivity index (χ1n) is 5.24. The highest BCUT2D eigenvalue weighted by molar-refractivity contribution is 6.31. The standard InChI is InChI=1S/C10H18ClN3O2/c1-8-10(11)9(14(2)13-8)7-12-3-5-16-6-4-15/h12,15H,3-7H2,1-2H3. The van der Waals surface area contributed by atoms with Gasteiger partial charge in [0, 0.05) is 20.1 Å². The van der Waals surface area contributed by atoms with Crippen LogP contribution >= 0.6 is 11.6 Å². The number of nitrogens with zero attached hydrogens (tertiary/aromatic N) is 2. The van der Waals surface area contributed by atoms with Gasteiger partial charge in [0.2, 0.25) is 0 Å². The Morgan fingerprint density at radius 3 is 2.81 bits per heavy atom. The quantitative estimate of drug-likeness (QED) is 0.689. The number of hydrogen-bond acceptors (Lipinski definition) is 4. The van der Waals surface area contributed by atoms with Crippen LogP contribution in [0.5, 0.6) is 0 Å².